The van der Waals surface area contributed by atoms with Gasteiger partial charge in [-0.15, -0.1) is 12.4 Å². The first-order chi connectivity index (χ1) is 14.5. The number of benzene rings is 2. The molecule has 4 rings (SSSR count). The molecule has 2 heterocycles. The van der Waals surface area contributed by atoms with Crippen LogP contribution >= 0.6 is 12.4 Å². The predicted molar refractivity (Wildman–Crippen MR) is 122 cm³/mol. The molecule has 4 nitrogen and oxygen atoms in total. The number of aromatic nitrogens is 1. The van der Waals surface area contributed by atoms with Crippen molar-refractivity contribution in [2.45, 2.75) is 13.3 Å². The molecule has 0 radical (unpaired) electrons. The summed E-state index contributed by atoms with van der Waals surface area (Å²) in [5.74, 6) is -1.64. The molecule has 1 N–H and O–H groups in total. The maximum absolute atomic E-state index is 13.8. The number of pyridine rings is 1. The van der Waals surface area contributed by atoms with Gasteiger partial charge in [0.1, 0.15) is 23.0 Å². The summed E-state index contributed by atoms with van der Waals surface area (Å²) >= 11 is 0. The van der Waals surface area contributed by atoms with Crippen LogP contribution in [0.4, 0.5) is 20.3 Å². The molecule has 0 saturated heterocycles. The number of hydrogen-bond donors (Lipinski definition) is 1. The van der Waals surface area contributed by atoms with E-state index in [1.54, 1.807) is 18.3 Å². The lowest BCUT2D eigenvalue weighted by molar-refractivity contribution is 0.101. The Balaban J connectivity index is 0.00000272. The molecule has 7 heteroatoms. The lowest BCUT2D eigenvalue weighted by Crippen LogP contribution is -2.31. The SMILES string of the molecule is CC1=C(c2ccc(NC(=O)c3c(F)cccc3F)cc2)CN(c2ccccn2)CC1.Cl. The van der Waals surface area contributed by atoms with E-state index < -0.39 is 23.1 Å². The second-order valence-electron chi connectivity index (χ2n) is 7.25. The van der Waals surface area contributed by atoms with Crippen molar-refractivity contribution in [2.75, 3.05) is 23.3 Å². The second kappa shape index (κ2) is 9.71. The minimum atomic E-state index is -0.887. The Bertz CT molecular complexity index is 1080. The molecule has 0 unspecified atom stereocenters. The molecule has 0 atom stereocenters. The molecular weight excluding hydrogens is 420 g/mol. The molecule has 1 aromatic heterocycles. The smallest absolute Gasteiger partial charge is 0.261 e. The zero-order valence-corrected chi connectivity index (χ0v) is 17.8. The summed E-state index contributed by atoms with van der Waals surface area (Å²) in [6, 6.07) is 16.5. The fourth-order valence-electron chi connectivity index (χ4n) is 3.60. The number of nitrogens with one attached hydrogen (secondary N) is 1. The Hall–Kier alpha value is -3.25. The van der Waals surface area contributed by atoms with Crippen LogP contribution in [0.1, 0.15) is 29.3 Å². The van der Waals surface area contributed by atoms with Gasteiger partial charge in [-0.1, -0.05) is 29.8 Å². The van der Waals surface area contributed by atoms with Crippen molar-refractivity contribution in [3.05, 3.63) is 95.2 Å². The van der Waals surface area contributed by atoms with Crippen LogP contribution in [0.5, 0.6) is 0 Å². The minimum absolute atomic E-state index is 0. The molecular formula is C24H22ClF2N3O. The highest BCUT2D eigenvalue weighted by Crippen LogP contribution is 2.29. The highest BCUT2D eigenvalue weighted by molar-refractivity contribution is 6.04. The van der Waals surface area contributed by atoms with E-state index in [2.05, 4.69) is 22.1 Å². The summed E-state index contributed by atoms with van der Waals surface area (Å²) in [7, 11) is 0. The van der Waals surface area contributed by atoms with Gasteiger partial charge in [0, 0.05) is 25.0 Å². The van der Waals surface area contributed by atoms with E-state index in [0.717, 1.165) is 43.0 Å². The molecule has 0 bridgehead atoms. The van der Waals surface area contributed by atoms with Crippen LogP contribution in [0, 0.1) is 11.6 Å². The first-order valence-corrected chi connectivity index (χ1v) is 9.73. The number of rotatable bonds is 4. The molecule has 31 heavy (non-hydrogen) atoms. The monoisotopic (exact) mass is 441 g/mol. The van der Waals surface area contributed by atoms with Crippen LogP contribution < -0.4 is 10.2 Å². The predicted octanol–water partition coefficient (Wildman–Crippen LogP) is 5.72. The first-order valence-electron chi connectivity index (χ1n) is 9.73. The van der Waals surface area contributed by atoms with Gasteiger partial charge in [0.2, 0.25) is 0 Å². The van der Waals surface area contributed by atoms with Gasteiger partial charge in [-0.25, -0.2) is 13.8 Å². The number of nitrogens with zero attached hydrogens (tertiary/aromatic N) is 2. The van der Waals surface area contributed by atoms with Gasteiger partial charge in [-0.05, 0) is 60.9 Å². The largest absolute Gasteiger partial charge is 0.352 e. The highest BCUT2D eigenvalue weighted by Gasteiger charge is 2.20. The van der Waals surface area contributed by atoms with Gasteiger partial charge in [0.25, 0.3) is 5.91 Å². The summed E-state index contributed by atoms with van der Waals surface area (Å²) in [5, 5.41) is 2.56. The molecule has 0 fully saturated rings. The van der Waals surface area contributed by atoms with Crippen molar-refractivity contribution in [3.63, 3.8) is 0 Å². The van der Waals surface area contributed by atoms with E-state index in [1.165, 1.54) is 17.2 Å². The molecule has 1 amide bonds. The van der Waals surface area contributed by atoms with Crippen LogP contribution in [0.3, 0.4) is 0 Å². The molecule has 2 aromatic carbocycles. The van der Waals surface area contributed by atoms with E-state index in [0.29, 0.717) is 5.69 Å². The normalized spacial score (nSPS) is 13.6. The van der Waals surface area contributed by atoms with Crippen LogP contribution in [-0.2, 0) is 0 Å². The number of halogens is 3. The summed E-state index contributed by atoms with van der Waals surface area (Å²) in [4.78, 5) is 19.0. The molecule has 160 valence electrons. The van der Waals surface area contributed by atoms with Gasteiger partial charge < -0.3 is 10.2 Å². The summed E-state index contributed by atoms with van der Waals surface area (Å²) in [6.45, 7) is 3.78. The Morgan fingerprint density at radius 1 is 1.00 bits per heavy atom. The summed E-state index contributed by atoms with van der Waals surface area (Å²) in [5.41, 5.74) is 3.46. The van der Waals surface area contributed by atoms with Crippen molar-refractivity contribution < 1.29 is 13.6 Å². The van der Waals surface area contributed by atoms with Crippen LogP contribution in [-0.4, -0.2) is 24.0 Å². The fourth-order valence-corrected chi connectivity index (χ4v) is 3.60. The lowest BCUT2D eigenvalue weighted by Gasteiger charge is -2.31. The Morgan fingerprint density at radius 2 is 1.71 bits per heavy atom. The summed E-state index contributed by atoms with van der Waals surface area (Å²) < 4.78 is 27.6. The summed E-state index contributed by atoms with van der Waals surface area (Å²) in [6.07, 6.45) is 2.73. The van der Waals surface area contributed by atoms with Crippen molar-refractivity contribution in [2.24, 2.45) is 0 Å². The number of amides is 1. The quantitative estimate of drug-likeness (QED) is 0.563. The average Bonchev–Trinajstić information content (AvgIpc) is 2.75. The van der Waals surface area contributed by atoms with Gasteiger partial charge in [0.15, 0.2) is 0 Å². The third kappa shape index (κ3) is 4.91. The number of carbonyl (C=O) groups is 1. The minimum Gasteiger partial charge on any atom is -0.352 e. The van der Waals surface area contributed by atoms with Crippen LogP contribution in [0.15, 0.2) is 72.4 Å². The molecule has 1 aliphatic rings. The van der Waals surface area contributed by atoms with E-state index in [4.69, 9.17) is 0 Å². The molecule has 0 saturated carbocycles. The van der Waals surface area contributed by atoms with E-state index in [-0.39, 0.29) is 12.4 Å². The number of anilines is 2. The standard InChI is InChI=1S/C24H21F2N3O.ClH/c1-16-12-14-29(22-7-2-3-13-27-22)15-19(16)17-8-10-18(11-9-17)28-24(30)23-20(25)5-4-6-21(23)26;/h2-11,13H,12,14-15H2,1H3,(H,28,30);1H. The van der Waals surface area contributed by atoms with Gasteiger partial charge in [0.05, 0.1) is 0 Å². The second-order valence-corrected chi connectivity index (χ2v) is 7.25. The van der Waals surface area contributed by atoms with Crippen LogP contribution in [0.25, 0.3) is 5.57 Å². The zero-order valence-electron chi connectivity index (χ0n) is 16.9. The lowest BCUT2D eigenvalue weighted by atomic mass is 9.95. The molecule has 3 aromatic rings. The average molecular weight is 442 g/mol. The van der Waals surface area contributed by atoms with Crippen molar-refractivity contribution in [3.8, 4) is 0 Å². The Kier molecular flexibility index (Phi) is 7.02. The fraction of sp³-hybridized carbons (Fsp3) is 0.167. The highest BCUT2D eigenvalue weighted by atomic mass is 35.5. The van der Waals surface area contributed by atoms with E-state index in [1.807, 2.05) is 30.3 Å². The third-order valence-electron chi connectivity index (χ3n) is 5.28. The third-order valence-corrected chi connectivity index (χ3v) is 5.28. The molecule has 0 aliphatic carbocycles. The maximum Gasteiger partial charge on any atom is 0.261 e. The molecule has 0 spiro atoms. The van der Waals surface area contributed by atoms with Gasteiger partial charge in [-0.2, -0.15) is 0 Å². The first kappa shape index (κ1) is 22.4. The van der Waals surface area contributed by atoms with Crippen molar-refractivity contribution in [1.29, 1.82) is 0 Å². The van der Waals surface area contributed by atoms with Gasteiger partial charge >= 0.3 is 0 Å². The Morgan fingerprint density at radius 3 is 2.35 bits per heavy atom. The topological polar surface area (TPSA) is 45.2 Å². The molecule has 1 aliphatic heterocycles. The van der Waals surface area contributed by atoms with E-state index in [9.17, 15) is 13.6 Å². The number of hydrogen-bond acceptors (Lipinski definition) is 3. The van der Waals surface area contributed by atoms with Crippen molar-refractivity contribution in [1.82, 2.24) is 4.98 Å². The number of carbonyl (C=O) groups excluding carboxylic acids is 1. The van der Waals surface area contributed by atoms with Crippen molar-refractivity contribution >= 4 is 35.4 Å². The zero-order chi connectivity index (χ0) is 21.1. The maximum atomic E-state index is 13.8. The van der Waals surface area contributed by atoms with E-state index >= 15 is 0 Å². The van der Waals surface area contributed by atoms with Gasteiger partial charge in [-0.3, -0.25) is 4.79 Å². The van der Waals surface area contributed by atoms with Crippen LogP contribution in [0.2, 0.25) is 0 Å². The Labute approximate surface area is 186 Å².